The van der Waals surface area contributed by atoms with Gasteiger partial charge < -0.3 is 14.6 Å². The fraction of sp³-hybridized carbons (Fsp3) is 0.556. The summed E-state index contributed by atoms with van der Waals surface area (Å²) in [5.74, 6) is 0.279. The maximum atomic E-state index is 12.7. The van der Waals surface area contributed by atoms with Gasteiger partial charge >= 0.3 is 5.97 Å². The Balaban J connectivity index is 1.85. The van der Waals surface area contributed by atoms with E-state index in [1.54, 1.807) is 24.7 Å². The first-order valence-corrected chi connectivity index (χ1v) is 8.96. The van der Waals surface area contributed by atoms with E-state index in [0.29, 0.717) is 18.2 Å². The molecule has 0 bridgehead atoms. The van der Waals surface area contributed by atoms with Gasteiger partial charge in [0.05, 0.1) is 11.8 Å². The van der Waals surface area contributed by atoms with Gasteiger partial charge in [0.2, 0.25) is 0 Å². The number of aromatic nitrogens is 3. The average Bonchev–Trinajstić information content (AvgIpc) is 3.17. The van der Waals surface area contributed by atoms with Crippen LogP contribution in [0, 0.1) is 5.92 Å². The Morgan fingerprint density at radius 2 is 2.19 bits per heavy atom. The number of rotatable bonds is 5. The molecule has 8 nitrogen and oxygen atoms in total. The summed E-state index contributed by atoms with van der Waals surface area (Å²) in [7, 11) is 0. The molecule has 2 heterocycles. The van der Waals surface area contributed by atoms with Gasteiger partial charge in [0.1, 0.15) is 5.76 Å². The maximum absolute atomic E-state index is 12.7. The van der Waals surface area contributed by atoms with Crippen LogP contribution in [0.15, 0.2) is 10.7 Å². The molecule has 0 spiro atoms. The van der Waals surface area contributed by atoms with E-state index < -0.39 is 11.9 Å². The molecular weight excluding hydrogens is 336 g/mol. The van der Waals surface area contributed by atoms with E-state index >= 15 is 0 Å². The van der Waals surface area contributed by atoms with E-state index in [1.165, 1.54) is 0 Å². The number of hydrogen-bond donors (Lipinski definition) is 1. The predicted molar refractivity (Wildman–Crippen MR) is 94.1 cm³/mol. The highest BCUT2D eigenvalue weighted by Crippen LogP contribution is 2.28. The Morgan fingerprint density at radius 1 is 1.42 bits per heavy atom. The molecule has 1 amide bonds. The van der Waals surface area contributed by atoms with Crippen molar-refractivity contribution in [2.75, 3.05) is 5.32 Å². The molecule has 0 radical (unpaired) electrons. The molecule has 8 heteroatoms. The third-order valence-electron chi connectivity index (χ3n) is 4.37. The fourth-order valence-corrected chi connectivity index (χ4v) is 3.03. The first-order valence-electron chi connectivity index (χ1n) is 8.96. The topological polar surface area (TPSA) is 99.2 Å². The lowest BCUT2D eigenvalue weighted by Crippen LogP contribution is -2.20. The lowest BCUT2D eigenvalue weighted by molar-refractivity contribution is 0.0371. The molecule has 0 saturated carbocycles. The van der Waals surface area contributed by atoms with Gasteiger partial charge in [-0.2, -0.15) is 5.10 Å². The number of carbonyl (C=O) groups is 2. The molecule has 0 aliphatic heterocycles. The molecule has 1 unspecified atom stereocenters. The quantitative estimate of drug-likeness (QED) is 0.823. The molecule has 1 atom stereocenters. The summed E-state index contributed by atoms with van der Waals surface area (Å²) in [4.78, 5) is 25.0. The zero-order valence-electron chi connectivity index (χ0n) is 15.5. The summed E-state index contributed by atoms with van der Waals surface area (Å²) in [5, 5.41) is 10.9. The van der Waals surface area contributed by atoms with Crippen molar-refractivity contribution in [3.63, 3.8) is 0 Å². The number of esters is 1. The van der Waals surface area contributed by atoms with Gasteiger partial charge in [0, 0.05) is 24.7 Å². The number of nitrogens with one attached hydrogen (secondary N) is 1. The van der Waals surface area contributed by atoms with Gasteiger partial charge in [-0.05, 0) is 39.5 Å². The van der Waals surface area contributed by atoms with Crippen LogP contribution in [0.2, 0.25) is 0 Å². The van der Waals surface area contributed by atoms with Crippen molar-refractivity contribution in [2.24, 2.45) is 5.92 Å². The van der Waals surface area contributed by atoms with Crippen LogP contribution in [0.4, 0.5) is 5.69 Å². The highest BCUT2D eigenvalue weighted by molar-refractivity contribution is 6.07. The summed E-state index contributed by atoms with van der Waals surface area (Å²) < 4.78 is 12.1. The molecule has 3 rings (SSSR count). The van der Waals surface area contributed by atoms with E-state index in [1.807, 2.05) is 6.92 Å². The van der Waals surface area contributed by atoms with E-state index in [0.717, 1.165) is 30.6 Å². The van der Waals surface area contributed by atoms with Crippen LogP contribution in [0.1, 0.15) is 66.4 Å². The van der Waals surface area contributed by atoms with E-state index in [2.05, 4.69) is 22.5 Å². The predicted octanol–water partition coefficient (Wildman–Crippen LogP) is 2.83. The lowest BCUT2D eigenvalue weighted by atomic mass is 9.88. The SMILES string of the molecule is CCn1cc(NC(=O)c2noc3c2CC(C)CC3)c(C(=O)OC(C)C)n1. The maximum Gasteiger partial charge on any atom is 0.361 e. The van der Waals surface area contributed by atoms with Crippen molar-refractivity contribution in [1.29, 1.82) is 0 Å². The van der Waals surface area contributed by atoms with E-state index in [9.17, 15) is 9.59 Å². The Hall–Kier alpha value is -2.64. The monoisotopic (exact) mass is 360 g/mol. The number of anilines is 1. The fourth-order valence-electron chi connectivity index (χ4n) is 3.03. The molecule has 1 N–H and O–H groups in total. The third kappa shape index (κ3) is 3.63. The second-order valence-electron chi connectivity index (χ2n) is 6.94. The molecule has 0 fully saturated rings. The van der Waals surface area contributed by atoms with Crippen molar-refractivity contribution < 1.29 is 18.8 Å². The largest absolute Gasteiger partial charge is 0.458 e. The number of ether oxygens (including phenoxy) is 1. The number of hydrogen-bond acceptors (Lipinski definition) is 6. The van der Waals surface area contributed by atoms with Crippen LogP contribution in [-0.2, 0) is 24.1 Å². The molecular formula is C18H24N4O4. The molecule has 1 aliphatic carbocycles. The first-order chi connectivity index (χ1) is 12.4. The van der Waals surface area contributed by atoms with Crippen LogP contribution in [0.25, 0.3) is 0 Å². The van der Waals surface area contributed by atoms with E-state index in [4.69, 9.17) is 9.26 Å². The van der Waals surface area contributed by atoms with Crippen molar-refractivity contribution in [3.8, 4) is 0 Å². The van der Waals surface area contributed by atoms with Crippen molar-refractivity contribution in [3.05, 3.63) is 28.9 Å². The van der Waals surface area contributed by atoms with Crippen LogP contribution in [-0.4, -0.2) is 32.9 Å². The minimum Gasteiger partial charge on any atom is -0.458 e. The third-order valence-corrected chi connectivity index (χ3v) is 4.37. The first kappa shape index (κ1) is 18.2. The normalized spacial score (nSPS) is 16.4. The smallest absolute Gasteiger partial charge is 0.361 e. The molecule has 26 heavy (non-hydrogen) atoms. The Morgan fingerprint density at radius 3 is 2.88 bits per heavy atom. The zero-order valence-corrected chi connectivity index (χ0v) is 15.5. The number of carbonyl (C=O) groups excluding carboxylic acids is 2. The van der Waals surface area contributed by atoms with Gasteiger partial charge in [-0.15, -0.1) is 0 Å². The lowest BCUT2D eigenvalue weighted by Gasteiger charge is -2.16. The molecule has 0 saturated heterocycles. The number of fused-ring (bicyclic) bond motifs is 1. The Labute approximate surface area is 151 Å². The summed E-state index contributed by atoms with van der Waals surface area (Å²) in [6, 6.07) is 0. The Kier molecular flexibility index (Phi) is 5.11. The summed E-state index contributed by atoms with van der Waals surface area (Å²) in [5.41, 5.74) is 1.53. The number of nitrogens with zero attached hydrogens (tertiary/aromatic N) is 3. The Bertz CT molecular complexity index is 821. The summed E-state index contributed by atoms with van der Waals surface area (Å²) in [6.45, 7) is 8.12. The van der Waals surface area contributed by atoms with Crippen LogP contribution < -0.4 is 5.32 Å². The summed E-state index contributed by atoms with van der Waals surface area (Å²) in [6.07, 6.45) is 3.91. The van der Waals surface area contributed by atoms with Gasteiger partial charge in [-0.3, -0.25) is 9.48 Å². The number of amides is 1. The van der Waals surface area contributed by atoms with Gasteiger partial charge in [0.15, 0.2) is 11.4 Å². The summed E-state index contributed by atoms with van der Waals surface area (Å²) >= 11 is 0. The second kappa shape index (κ2) is 7.31. The number of aryl methyl sites for hydroxylation is 2. The van der Waals surface area contributed by atoms with Crippen molar-refractivity contribution in [2.45, 2.75) is 59.6 Å². The zero-order chi connectivity index (χ0) is 18.8. The van der Waals surface area contributed by atoms with Crippen LogP contribution in [0.5, 0.6) is 0 Å². The van der Waals surface area contributed by atoms with Crippen molar-refractivity contribution >= 4 is 17.6 Å². The second-order valence-corrected chi connectivity index (χ2v) is 6.94. The van der Waals surface area contributed by atoms with Crippen molar-refractivity contribution in [1.82, 2.24) is 14.9 Å². The molecule has 2 aromatic rings. The van der Waals surface area contributed by atoms with Gasteiger partial charge in [-0.1, -0.05) is 12.1 Å². The molecule has 0 aromatic carbocycles. The highest BCUT2D eigenvalue weighted by Gasteiger charge is 2.28. The van der Waals surface area contributed by atoms with Gasteiger partial charge in [0.25, 0.3) is 5.91 Å². The minimum absolute atomic E-state index is 0.0830. The van der Waals surface area contributed by atoms with Gasteiger partial charge in [-0.25, -0.2) is 4.79 Å². The molecule has 140 valence electrons. The van der Waals surface area contributed by atoms with Crippen LogP contribution >= 0.6 is 0 Å². The molecule has 1 aliphatic rings. The standard InChI is InChI=1S/C18H24N4O4/c1-5-22-9-13(16(20-22)18(24)25-10(2)3)19-17(23)15-12-8-11(4)6-7-14(12)26-21-15/h9-11H,5-8H2,1-4H3,(H,19,23). The highest BCUT2D eigenvalue weighted by atomic mass is 16.5. The van der Waals surface area contributed by atoms with E-state index in [-0.39, 0.29) is 17.5 Å². The minimum atomic E-state index is -0.571. The van der Waals surface area contributed by atoms with Crippen LogP contribution in [0.3, 0.4) is 0 Å². The average molecular weight is 360 g/mol. The molecule has 2 aromatic heterocycles.